The Morgan fingerprint density at radius 1 is 1.15 bits per heavy atom. The van der Waals surface area contributed by atoms with Crippen molar-refractivity contribution in [2.75, 3.05) is 5.32 Å². The molecule has 0 saturated carbocycles. The van der Waals surface area contributed by atoms with Gasteiger partial charge in [0.2, 0.25) is 0 Å². The maximum absolute atomic E-state index is 10.4. The number of hydrogen-bond donors (Lipinski definition) is 2. The number of nitrogens with one attached hydrogen (secondary N) is 1. The molecular weight excluding hydrogens is 369 g/mol. The minimum Gasteiger partial charge on any atom is -0.390 e. The third-order valence-corrected chi connectivity index (χ3v) is 5.19. The number of rotatable bonds is 3. The summed E-state index contributed by atoms with van der Waals surface area (Å²) in [5.41, 5.74) is 4.51. The molecular formula is C20H17Cl2N3O. The van der Waals surface area contributed by atoms with Crippen LogP contribution in [-0.4, -0.2) is 21.2 Å². The Morgan fingerprint density at radius 3 is 2.73 bits per heavy atom. The zero-order valence-corrected chi connectivity index (χ0v) is 15.6. The van der Waals surface area contributed by atoms with Crippen LogP contribution in [-0.2, 0) is 6.42 Å². The minimum atomic E-state index is -0.486. The molecule has 1 aliphatic carbocycles. The predicted octanol–water partition coefficient (Wildman–Crippen LogP) is 4.83. The highest BCUT2D eigenvalue weighted by molar-refractivity contribution is 6.36. The van der Waals surface area contributed by atoms with Crippen molar-refractivity contribution in [3.63, 3.8) is 0 Å². The third kappa shape index (κ3) is 3.16. The third-order valence-electron chi connectivity index (χ3n) is 4.64. The first-order valence-corrected chi connectivity index (χ1v) is 9.10. The van der Waals surface area contributed by atoms with E-state index in [1.807, 2.05) is 37.3 Å². The van der Waals surface area contributed by atoms with E-state index in [4.69, 9.17) is 23.2 Å². The summed E-state index contributed by atoms with van der Waals surface area (Å²) in [6.07, 6.45) is 1.82. The number of hydrogen-bond acceptors (Lipinski definition) is 4. The van der Waals surface area contributed by atoms with Crippen molar-refractivity contribution < 1.29 is 5.11 Å². The summed E-state index contributed by atoms with van der Waals surface area (Å²) in [5, 5.41) is 14.8. The highest BCUT2D eigenvalue weighted by Crippen LogP contribution is 2.35. The molecule has 0 saturated heterocycles. The van der Waals surface area contributed by atoms with Crippen LogP contribution in [0.25, 0.3) is 11.3 Å². The summed E-state index contributed by atoms with van der Waals surface area (Å²) >= 11 is 12.3. The summed E-state index contributed by atoms with van der Waals surface area (Å²) in [6, 6.07) is 13.2. The van der Waals surface area contributed by atoms with Crippen LogP contribution in [0, 0.1) is 6.92 Å². The highest BCUT2D eigenvalue weighted by atomic mass is 35.5. The summed E-state index contributed by atoms with van der Waals surface area (Å²) in [4.78, 5) is 9.14. The molecule has 0 amide bonds. The predicted molar refractivity (Wildman–Crippen MR) is 105 cm³/mol. The van der Waals surface area contributed by atoms with Crippen molar-refractivity contribution in [3.05, 3.63) is 75.5 Å². The molecule has 6 heteroatoms. The van der Waals surface area contributed by atoms with E-state index in [9.17, 15) is 5.11 Å². The molecule has 4 rings (SSSR count). The lowest BCUT2D eigenvalue weighted by Gasteiger charge is -2.19. The lowest BCUT2D eigenvalue weighted by atomic mass is 10.1. The Morgan fingerprint density at radius 2 is 1.96 bits per heavy atom. The quantitative estimate of drug-likeness (QED) is 0.677. The molecule has 2 aromatic carbocycles. The Labute approximate surface area is 161 Å². The Balaban J connectivity index is 1.63. The second kappa shape index (κ2) is 6.88. The number of nitrogens with zero attached hydrogens (tertiary/aromatic N) is 2. The molecule has 0 aliphatic heterocycles. The zero-order chi connectivity index (χ0) is 18.3. The summed E-state index contributed by atoms with van der Waals surface area (Å²) in [6.45, 7) is 1.89. The van der Waals surface area contributed by atoms with E-state index < -0.39 is 6.10 Å². The van der Waals surface area contributed by atoms with Gasteiger partial charge in [0.15, 0.2) is 0 Å². The van der Waals surface area contributed by atoms with Gasteiger partial charge in [0.1, 0.15) is 5.82 Å². The van der Waals surface area contributed by atoms with Crippen LogP contribution in [0.3, 0.4) is 0 Å². The molecule has 1 aromatic heterocycles. The standard InChI is InChI=1S/C20H17Cl2N3O/c1-11-19(15-7-6-13(21)9-16(15)22)23-10-18(24-11)25-20-14-5-3-2-4-12(14)8-17(20)26/h2-7,9-10,17,20,26H,8H2,1H3,(H,24,25). The number of benzene rings is 2. The van der Waals surface area contributed by atoms with Gasteiger partial charge in [0, 0.05) is 17.0 Å². The highest BCUT2D eigenvalue weighted by Gasteiger charge is 2.31. The monoisotopic (exact) mass is 385 g/mol. The number of fused-ring (bicyclic) bond motifs is 1. The molecule has 0 spiro atoms. The Bertz CT molecular complexity index is 977. The van der Waals surface area contributed by atoms with Crippen LogP contribution in [0.15, 0.2) is 48.7 Å². The number of aromatic nitrogens is 2. The van der Waals surface area contributed by atoms with E-state index in [0.29, 0.717) is 28.0 Å². The van der Waals surface area contributed by atoms with Gasteiger partial charge < -0.3 is 10.4 Å². The fraction of sp³-hybridized carbons (Fsp3) is 0.200. The molecule has 2 unspecified atom stereocenters. The van der Waals surface area contributed by atoms with Crippen LogP contribution in [0.5, 0.6) is 0 Å². The fourth-order valence-electron chi connectivity index (χ4n) is 3.40. The molecule has 1 heterocycles. The molecule has 4 nitrogen and oxygen atoms in total. The van der Waals surface area contributed by atoms with Gasteiger partial charge in [-0.15, -0.1) is 0 Å². The van der Waals surface area contributed by atoms with Gasteiger partial charge in [-0.1, -0.05) is 47.5 Å². The Kier molecular flexibility index (Phi) is 4.57. The zero-order valence-electron chi connectivity index (χ0n) is 14.1. The average molecular weight is 386 g/mol. The lowest BCUT2D eigenvalue weighted by Crippen LogP contribution is -2.22. The van der Waals surface area contributed by atoms with Crippen molar-refractivity contribution in [1.29, 1.82) is 0 Å². The summed E-state index contributed by atoms with van der Waals surface area (Å²) in [7, 11) is 0. The molecule has 132 valence electrons. The lowest BCUT2D eigenvalue weighted by molar-refractivity contribution is 0.165. The van der Waals surface area contributed by atoms with Crippen LogP contribution in [0.4, 0.5) is 5.82 Å². The SMILES string of the molecule is Cc1nc(NC2c3ccccc3CC2O)cnc1-c1ccc(Cl)cc1Cl. The maximum Gasteiger partial charge on any atom is 0.145 e. The van der Waals surface area contributed by atoms with Gasteiger partial charge in [0.25, 0.3) is 0 Å². The number of aliphatic hydroxyl groups is 1. The van der Waals surface area contributed by atoms with Crippen LogP contribution in [0.2, 0.25) is 10.0 Å². The van der Waals surface area contributed by atoms with Crippen molar-refractivity contribution in [3.8, 4) is 11.3 Å². The minimum absolute atomic E-state index is 0.190. The first-order chi connectivity index (χ1) is 12.5. The van der Waals surface area contributed by atoms with E-state index in [1.54, 1.807) is 18.3 Å². The van der Waals surface area contributed by atoms with Crippen LogP contribution in [0.1, 0.15) is 22.9 Å². The molecule has 3 aromatic rings. The molecule has 0 radical (unpaired) electrons. The van der Waals surface area contributed by atoms with E-state index in [-0.39, 0.29) is 6.04 Å². The van der Waals surface area contributed by atoms with Gasteiger partial charge in [-0.3, -0.25) is 4.98 Å². The van der Waals surface area contributed by atoms with Crippen LogP contribution >= 0.6 is 23.2 Å². The number of aliphatic hydroxyl groups excluding tert-OH is 1. The van der Waals surface area contributed by atoms with Gasteiger partial charge in [0.05, 0.1) is 34.8 Å². The van der Waals surface area contributed by atoms with Gasteiger partial charge in [-0.05, 0) is 36.2 Å². The Hall–Kier alpha value is -2.14. The molecule has 1 aliphatic rings. The molecule has 0 bridgehead atoms. The first kappa shape index (κ1) is 17.3. The number of aryl methyl sites for hydroxylation is 1. The van der Waals surface area contributed by atoms with Crippen molar-refractivity contribution >= 4 is 29.0 Å². The number of anilines is 1. The van der Waals surface area contributed by atoms with E-state index in [1.165, 1.54) is 0 Å². The fourth-order valence-corrected chi connectivity index (χ4v) is 3.90. The van der Waals surface area contributed by atoms with E-state index >= 15 is 0 Å². The van der Waals surface area contributed by atoms with Crippen molar-refractivity contribution in [1.82, 2.24) is 9.97 Å². The smallest absolute Gasteiger partial charge is 0.145 e. The molecule has 26 heavy (non-hydrogen) atoms. The van der Waals surface area contributed by atoms with Gasteiger partial charge in [-0.2, -0.15) is 0 Å². The summed E-state index contributed by atoms with van der Waals surface area (Å²) < 4.78 is 0. The molecule has 2 N–H and O–H groups in total. The normalized spacial score (nSPS) is 18.6. The average Bonchev–Trinajstić information content (AvgIpc) is 2.92. The maximum atomic E-state index is 10.4. The summed E-state index contributed by atoms with van der Waals surface area (Å²) in [5.74, 6) is 0.622. The largest absolute Gasteiger partial charge is 0.390 e. The topological polar surface area (TPSA) is 58.0 Å². The van der Waals surface area contributed by atoms with E-state index in [0.717, 1.165) is 22.4 Å². The first-order valence-electron chi connectivity index (χ1n) is 8.34. The number of halogens is 2. The van der Waals surface area contributed by atoms with E-state index in [2.05, 4.69) is 15.3 Å². The van der Waals surface area contributed by atoms with Crippen molar-refractivity contribution in [2.24, 2.45) is 0 Å². The second-order valence-corrected chi connectivity index (χ2v) is 7.25. The second-order valence-electron chi connectivity index (χ2n) is 6.41. The van der Waals surface area contributed by atoms with Crippen LogP contribution < -0.4 is 5.32 Å². The molecule has 0 fully saturated rings. The van der Waals surface area contributed by atoms with Gasteiger partial charge in [-0.25, -0.2) is 4.98 Å². The van der Waals surface area contributed by atoms with Crippen molar-refractivity contribution in [2.45, 2.75) is 25.5 Å². The van der Waals surface area contributed by atoms with Gasteiger partial charge >= 0.3 is 0 Å². The molecule has 2 atom stereocenters.